The summed E-state index contributed by atoms with van der Waals surface area (Å²) in [6.45, 7) is -3.24. The van der Waals surface area contributed by atoms with E-state index in [0.29, 0.717) is 28.4 Å². The van der Waals surface area contributed by atoms with Crippen molar-refractivity contribution in [2.75, 3.05) is 13.2 Å². The van der Waals surface area contributed by atoms with Crippen LogP contribution in [0, 0.1) is 11.1 Å². The fraction of sp³-hybridized carbons (Fsp3) is 0.231. The Morgan fingerprint density at radius 3 is 1.86 bits per heavy atom. The Hall–Kier alpha value is -4.70. The molecule has 4 aromatic carbocycles. The fourth-order valence-electron chi connectivity index (χ4n) is 5.79. The lowest BCUT2D eigenvalue weighted by Crippen LogP contribution is -2.35. The van der Waals surface area contributed by atoms with Gasteiger partial charge < -0.3 is 24.2 Å². The third-order valence-corrected chi connectivity index (χ3v) is 9.05. The van der Waals surface area contributed by atoms with Gasteiger partial charge in [-0.05, 0) is 53.1 Å². The smallest absolute Gasteiger partial charge is 0.387 e. The maximum Gasteiger partial charge on any atom is 0.387 e. The Morgan fingerprint density at radius 2 is 1.36 bits per heavy atom. The van der Waals surface area contributed by atoms with Gasteiger partial charge >= 0.3 is 12.6 Å². The summed E-state index contributed by atoms with van der Waals surface area (Å²) in [5, 5.41) is 12.1. The molecule has 1 atom stereocenters. The number of nitrogens with zero attached hydrogens (tertiary/aromatic N) is 1. The maximum absolute atomic E-state index is 13.9. The maximum atomic E-state index is 13.9. The molecular weight excluding hydrogens is 687 g/mol. The van der Waals surface area contributed by atoms with Gasteiger partial charge in [0.25, 0.3) is 0 Å². The number of rotatable bonds is 15. The number of alkyl halides is 2. The number of hydrogen-bond acceptors (Lipinski definition) is 6. The van der Waals surface area contributed by atoms with Crippen LogP contribution in [0.5, 0.6) is 11.5 Å². The number of benzene rings is 4. The normalized spacial score (nSPS) is 13.5. The minimum atomic E-state index is -3.07. The van der Waals surface area contributed by atoms with Crippen LogP contribution in [0.15, 0.2) is 122 Å². The molecule has 5 aromatic rings. The van der Waals surface area contributed by atoms with Crippen molar-refractivity contribution < 1.29 is 37.3 Å². The van der Waals surface area contributed by atoms with Gasteiger partial charge in [-0.15, -0.1) is 0 Å². The molecule has 11 heteroatoms. The van der Waals surface area contributed by atoms with E-state index in [0.717, 1.165) is 41.9 Å². The summed E-state index contributed by atoms with van der Waals surface area (Å²) in [5.41, 5.74) is 1.94. The van der Waals surface area contributed by atoms with Gasteiger partial charge in [0.2, 0.25) is 0 Å². The molecule has 6 rings (SSSR count). The van der Waals surface area contributed by atoms with E-state index < -0.39 is 30.9 Å². The molecule has 1 heterocycles. The summed E-state index contributed by atoms with van der Waals surface area (Å²) < 4.78 is 50.4. The minimum Gasteiger partial charge on any atom is -0.619 e. The van der Waals surface area contributed by atoms with E-state index in [1.165, 1.54) is 18.2 Å². The van der Waals surface area contributed by atoms with Crippen LogP contribution in [0.3, 0.4) is 0 Å². The van der Waals surface area contributed by atoms with Gasteiger partial charge in [0.15, 0.2) is 23.9 Å². The van der Waals surface area contributed by atoms with E-state index in [9.17, 15) is 18.8 Å². The van der Waals surface area contributed by atoms with Crippen LogP contribution in [0.1, 0.15) is 46.8 Å². The number of esters is 1. The molecule has 0 spiro atoms. The molecule has 1 aliphatic carbocycles. The largest absolute Gasteiger partial charge is 0.619 e. The van der Waals surface area contributed by atoms with Crippen LogP contribution < -0.4 is 14.2 Å². The lowest BCUT2D eigenvalue weighted by molar-refractivity contribution is -0.605. The molecule has 0 aliphatic heterocycles. The second kappa shape index (κ2) is 15.9. The monoisotopic (exact) mass is 719 g/mol. The number of carbonyl (C=O) groups is 1. The summed E-state index contributed by atoms with van der Waals surface area (Å²) in [6.07, 6.45) is 3.14. The highest BCUT2D eigenvalue weighted by Gasteiger charge is 2.38. The SMILES string of the molecule is O=C(COC(c1ccccc1)(c1ccccc1)c1ccccc1)OC(Cc1c(Cl)c[n+]([O-])cc1Cl)c1ccc(OC(F)F)c(OCC2CC2)c1. The first-order valence-electron chi connectivity index (χ1n) is 16.0. The molecule has 0 radical (unpaired) electrons. The highest BCUT2D eigenvalue weighted by Crippen LogP contribution is 2.41. The lowest BCUT2D eigenvalue weighted by atomic mass is 9.80. The number of pyridine rings is 1. The summed E-state index contributed by atoms with van der Waals surface area (Å²) in [4.78, 5) is 13.9. The van der Waals surface area contributed by atoms with Gasteiger partial charge in [-0.1, -0.05) is 120 Å². The zero-order valence-electron chi connectivity index (χ0n) is 26.7. The van der Waals surface area contributed by atoms with E-state index in [1.807, 2.05) is 91.0 Å². The van der Waals surface area contributed by atoms with E-state index in [4.69, 9.17) is 42.1 Å². The van der Waals surface area contributed by atoms with Gasteiger partial charge in [-0.2, -0.15) is 13.5 Å². The molecular formula is C39H33Cl2F2NO6. The third kappa shape index (κ3) is 8.35. The number of aromatic nitrogens is 1. The highest BCUT2D eigenvalue weighted by molar-refractivity contribution is 6.35. The highest BCUT2D eigenvalue weighted by atomic mass is 35.5. The van der Waals surface area contributed by atoms with Crippen LogP contribution in [0.2, 0.25) is 10.0 Å². The first-order chi connectivity index (χ1) is 24.2. The average molecular weight is 721 g/mol. The predicted octanol–water partition coefficient (Wildman–Crippen LogP) is 8.85. The second-order valence-corrected chi connectivity index (χ2v) is 12.7. The van der Waals surface area contributed by atoms with Crippen molar-refractivity contribution in [2.45, 2.75) is 37.6 Å². The van der Waals surface area contributed by atoms with E-state index in [2.05, 4.69) is 0 Å². The first-order valence-corrected chi connectivity index (χ1v) is 16.8. The van der Waals surface area contributed by atoms with Crippen molar-refractivity contribution in [3.8, 4) is 11.5 Å². The van der Waals surface area contributed by atoms with E-state index >= 15 is 0 Å². The molecule has 1 saturated carbocycles. The fourth-order valence-corrected chi connectivity index (χ4v) is 6.39. The molecule has 7 nitrogen and oxygen atoms in total. The Bertz CT molecular complexity index is 1780. The van der Waals surface area contributed by atoms with E-state index in [1.54, 1.807) is 0 Å². The van der Waals surface area contributed by atoms with Crippen molar-refractivity contribution in [1.29, 1.82) is 0 Å². The quantitative estimate of drug-likeness (QED) is 0.0466. The topological polar surface area (TPSA) is 80.9 Å². The lowest BCUT2D eigenvalue weighted by Gasteiger charge is -2.35. The van der Waals surface area contributed by atoms with Gasteiger partial charge in [-0.25, -0.2) is 4.79 Å². The molecule has 50 heavy (non-hydrogen) atoms. The number of carbonyl (C=O) groups excluding carboxylic acids is 1. The standard InChI is InChI=1S/C39H33Cl2F2NO6/c40-32-22-44(46)23-33(41)31(32)21-35(27-18-19-34(50-38(42)43)36(20-27)47-24-26-16-17-26)49-37(45)25-48-39(28-10-4-1-5-11-28,29-12-6-2-7-13-29)30-14-8-3-9-15-30/h1-15,18-20,22-23,26,35,38H,16-17,21,24-25H2. The number of ether oxygens (including phenoxy) is 4. The first kappa shape index (κ1) is 35.1. The van der Waals surface area contributed by atoms with Crippen molar-refractivity contribution in [3.05, 3.63) is 165 Å². The Balaban J connectivity index is 1.35. The molecule has 0 amide bonds. The minimum absolute atomic E-state index is 0.0530. The van der Waals surface area contributed by atoms with Crippen LogP contribution in [-0.2, 0) is 26.3 Å². The molecule has 1 unspecified atom stereocenters. The van der Waals surface area contributed by atoms with Crippen molar-refractivity contribution in [2.24, 2.45) is 5.92 Å². The third-order valence-electron chi connectivity index (χ3n) is 8.40. The number of hydrogen-bond donors (Lipinski definition) is 0. The summed E-state index contributed by atoms with van der Waals surface area (Å²) in [5.74, 6) is -0.480. The summed E-state index contributed by atoms with van der Waals surface area (Å²) >= 11 is 12.9. The molecule has 1 aliphatic rings. The van der Waals surface area contributed by atoms with Crippen LogP contribution in [-0.4, -0.2) is 25.8 Å². The summed E-state index contributed by atoms with van der Waals surface area (Å²) in [6, 6.07) is 33.0. The van der Waals surface area contributed by atoms with Gasteiger partial charge in [-0.3, -0.25) is 0 Å². The summed E-state index contributed by atoms with van der Waals surface area (Å²) in [7, 11) is 0. The Kier molecular flexibility index (Phi) is 11.2. The molecule has 0 saturated heterocycles. The molecule has 1 fully saturated rings. The molecule has 258 valence electrons. The average Bonchev–Trinajstić information content (AvgIpc) is 3.95. The second-order valence-electron chi connectivity index (χ2n) is 11.9. The zero-order chi connectivity index (χ0) is 35.1. The van der Waals surface area contributed by atoms with E-state index in [-0.39, 0.29) is 28.0 Å². The van der Waals surface area contributed by atoms with Crippen LogP contribution in [0.25, 0.3) is 0 Å². The van der Waals surface area contributed by atoms with Crippen molar-refractivity contribution in [1.82, 2.24) is 0 Å². The van der Waals surface area contributed by atoms with Gasteiger partial charge in [0, 0.05) is 12.0 Å². The zero-order valence-corrected chi connectivity index (χ0v) is 28.2. The van der Waals surface area contributed by atoms with Gasteiger partial charge in [0.05, 0.1) is 6.61 Å². The van der Waals surface area contributed by atoms with Crippen LogP contribution >= 0.6 is 23.2 Å². The van der Waals surface area contributed by atoms with Gasteiger partial charge in [0.1, 0.15) is 28.4 Å². The van der Waals surface area contributed by atoms with Crippen molar-refractivity contribution in [3.63, 3.8) is 0 Å². The Labute approximate surface area is 298 Å². The predicted molar refractivity (Wildman–Crippen MR) is 184 cm³/mol. The Morgan fingerprint density at radius 1 is 0.820 bits per heavy atom. The molecule has 0 bridgehead atoms. The molecule has 1 aromatic heterocycles. The van der Waals surface area contributed by atoms with Crippen molar-refractivity contribution >= 4 is 29.2 Å². The number of halogens is 4. The van der Waals surface area contributed by atoms with Crippen LogP contribution in [0.4, 0.5) is 8.78 Å². The molecule has 0 N–H and O–H groups in total.